The van der Waals surface area contributed by atoms with Crippen LogP contribution >= 0.6 is 0 Å². The Kier molecular flexibility index (Phi) is 5.15. The van der Waals surface area contributed by atoms with Gasteiger partial charge >= 0.3 is 0 Å². The summed E-state index contributed by atoms with van der Waals surface area (Å²) in [5.41, 5.74) is 5.94. The van der Waals surface area contributed by atoms with Crippen LogP contribution in [0.1, 0.15) is 30.8 Å². The Hall–Kier alpha value is -1.36. The number of imidazole rings is 1. The summed E-state index contributed by atoms with van der Waals surface area (Å²) in [6.45, 7) is 6.26. The first kappa shape index (κ1) is 13.7. The minimum Gasteiger partial charge on any atom is -0.340 e. The molecule has 0 aliphatic carbocycles. The number of nitrogens with two attached hydrogens (primary N) is 1. The molecule has 0 fully saturated rings. The first-order valence-corrected chi connectivity index (χ1v) is 6.05. The summed E-state index contributed by atoms with van der Waals surface area (Å²) in [6, 6.07) is 0. The topological polar surface area (TPSA) is 64.2 Å². The highest BCUT2D eigenvalue weighted by Gasteiger charge is 2.15. The molecule has 96 valence electrons. The highest BCUT2D eigenvalue weighted by atomic mass is 16.2. The van der Waals surface area contributed by atoms with Crippen molar-refractivity contribution in [2.24, 2.45) is 11.7 Å². The molecular formula is C12H22N4O. The van der Waals surface area contributed by atoms with Crippen molar-refractivity contribution in [2.75, 3.05) is 20.1 Å². The lowest BCUT2D eigenvalue weighted by molar-refractivity contribution is 0.0769. The van der Waals surface area contributed by atoms with Gasteiger partial charge in [-0.1, -0.05) is 20.3 Å². The monoisotopic (exact) mass is 238 g/mol. The molecule has 1 heterocycles. The molecule has 1 unspecified atom stereocenters. The van der Waals surface area contributed by atoms with Gasteiger partial charge in [-0.25, -0.2) is 4.98 Å². The number of carbonyl (C=O) groups excluding carboxylic acids is 1. The summed E-state index contributed by atoms with van der Waals surface area (Å²) in [6.07, 6.45) is 4.47. The van der Waals surface area contributed by atoms with E-state index >= 15 is 0 Å². The van der Waals surface area contributed by atoms with E-state index < -0.39 is 0 Å². The fourth-order valence-corrected chi connectivity index (χ4v) is 1.62. The van der Waals surface area contributed by atoms with Gasteiger partial charge < -0.3 is 15.2 Å². The van der Waals surface area contributed by atoms with Gasteiger partial charge in [0.2, 0.25) is 0 Å². The summed E-state index contributed by atoms with van der Waals surface area (Å²) in [5, 5.41) is 0. The lowest BCUT2D eigenvalue weighted by atomic mass is 10.1. The molecule has 0 saturated carbocycles. The Bertz CT molecular complexity index is 361. The van der Waals surface area contributed by atoms with Crippen LogP contribution in [0.15, 0.2) is 12.5 Å². The van der Waals surface area contributed by atoms with Crippen molar-refractivity contribution in [3.05, 3.63) is 18.2 Å². The molecule has 1 aromatic heterocycles. The molecule has 1 atom stereocenters. The minimum atomic E-state index is -0.0268. The second-order valence-electron chi connectivity index (χ2n) is 4.48. The molecule has 0 aromatic carbocycles. The molecule has 17 heavy (non-hydrogen) atoms. The van der Waals surface area contributed by atoms with Crippen molar-refractivity contribution in [3.8, 4) is 0 Å². The molecule has 0 aliphatic rings. The zero-order valence-electron chi connectivity index (χ0n) is 10.9. The average Bonchev–Trinajstić information content (AvgIpc) is 2.76. The van der Waals surface area contributed by atoms with E-state index in [0.29, 0.717) is 24.7 Å². The number of carbonyl (C=O) groups is 1. The molecule has 0 aliphatic heterocycles. The van der Waals surface area contributed by atoms with Gasteiger partial charge in [0.1, 0.15) is 5.69 Å². The maximum absolute atomic E-state index is 12.0. The summed E-state index contributed by atoms with van der Waals surface area (Å²) >= 11 is 0. The van der Waals surface area contributed by atoms with Crippen LogP contribution in [0.2, 0.25) is 0 Å². The van der Waals surface area contributed by atoms with E-state index in [1.54, 1.807) is 17.4 Å². The van der Waals surface area contributed by atoms with E-state index in [-0.39, 0.29) is 5.91 Å². The molecule has 0 saturated heterocycles. The molecule has 5 nitrogen and oxygen atoms in total. The predicted molar refractivity (Wildman–Crippen MR) is 67.7 cm³/mol. The van der Waals surface area contributed by atoms with Crippen LogP contribution in [-0.4, -0.2) is 40.5 Å². The summed E-state index contributed by atoms with van der Waals surface area (Å²) in [7, 11) is 1.82. The summed E-state index contributed by atoms with van der Waals surface area (Å²) in [4.78, 5) is 17.9. The first-order chi connectivity index (χ1) is 8.08. The van der Waals surface area contributed by atoms with Gasteiger partial charge in [-0.15, -0.1) is 0 Å². The van der Waals surface area contributed by atoms with Crippen LogP contribution in [0.25, 0.3) is 0 Å². The second-order valence-corrected chi connectivity index (χ2v) is 4.48. The predicted octanol–water partition coefficient (Wildman–Crippen LogP) is 0.960. The normalized spacial score (nSPS) is 12.5. The standard InChI is InChI=1S/C12H22N4O/c1-4-10(2)7-15(3)12(17)11-8-16(6-5-13)9-14-11/h8-10H,4-7,13H2,1-3H3. The van der Waals surface area contributed by atoms with E-state index in [1.807, 2.05) is 11.6 Å². The highest BCUT2D eigenvalue weighted by Crippen LogP contribution is 2.06. The molecule has 1 rings (SSSR count). The lowest BCUT2D eigenvalue weighted by Crippen LogP contribution is -2.31. The third-order valence-electron chi connectivity index (χ3n) is 2.87. The fraction of sp³-hybridized carbons (Fsp3) is 0.667. The molecule has 5 heteroatoms. The van der Waals surface area contributed by atoms with Gasteiger partial charge in [0.25, 0.3) is 5.91 Å². The minimum absolute atomic E-state index is 0.0268. The number of amides is 1. The fourth-order valence-electron chi connectivity index (χ4n) is 1.62. The lowest BCUT2D eigenvalue weighted by Gasteiger charge is -2.19. The van der Waals surface area contributed by atoms with Crippen molar-refractivity contribution in [1.82, 2.24) is 14.5 Å². The Balaban J connectivity index is 2.61. The van der Waals surface area contributed by atoms with Crippen molar-refractivity contribution in [1.29, 1.82) is 0 Å². The Labute approximate surface area is 103 Å². The number of hydrogen-bond donors (Lipinski definition) is 1. The average molecular weight is 238 g/mol. The molecule has 0 radical (unpaired) electrons. The van der Waals surface area contributed by atoms with E-state index in [9.17, 15) is 4.79 Å². The first-order valence-electron chi connectivity index (χ1n) is 6.05. The van der Waals surface area contributed by atoms with Crippen molar-refractivity contribution >= 4 is 5.91 Å². The molecule has 2 N–H and O–H groups in total. The van der Waals surface area contributed by atoms with Gasteiger partial charge in [-0.2, -0.15) is 0 Å². The summed E-state index contributed by atoms with van der Waals surface area (Å²) in [5.74, 6) is 0.483. The smallest absolute Gasteiger partial charge is 0.273 e. The quantitative estimate of drug-likeness (QED) is 0.803. The van der Waals surface area contributed by atoms with Crippen molar-refractivity contribution < 1.29 is 4.79 Å². The van der Waals surface area contributed by atoms with Crippen molar-refractivity contribution in [3.63, 3.8) is 0 Å². The zero-order valence-corrected chi connectivity index (χ0v) is 10.9. The van der Waals surface area contributed by atoms with E-state index in [2.05, 4.69) is 18.8 Å². The summed E-state index contributed by atoms with van der Waals surface area (Å²) < 4.78 is 1.84. The maximum atomic E-state index is 12.0. The molecule has 0 bridgehead atoms. The van der Waals surface area contributed by atoms with E-state index in [4.69, 9.17) is 5.73 Å². The van der Waals surface area contributed by atoms with Gasteiger partial charge in [-0.3, -0.25) is 4.79 Å². The Morgan fingerprint density at radius 3 is 2.94 bits per heavy atom. The third-order valence-corrected chi connectivity index (χ3v) is 2.87. The largest absolute Gasteiger partial charge is 0.340 e. The Morgan fingerprint density at radius 1 is 1.65 bits per heavy atom. The molecule has 1 aromatic rings. The van der Waals surface area contributed by atoms with Crippen LogP contribution in [0.4, 0.5) is 0 Å². The number of hydrogen-bond acceptors (Lipinski definition) is 3. The SMILES string of the molecule is CCC(C)CN(C)C(=O)c1cn(CCN)cn1. The maximum Gasteiger partial charge on any atom is 0.273 e. The number of nitrogens with zero attached hydrogens (tertiary/aromatic N) is 3. The second kappa shape index (κ2) is 6.39. The van der Waals surface area contributed by atoms with E-state index in [0.717, 1.165) is 13.0 Å². The van der Waals surface area contributed by atoms with Crippen LogP contribution < -0.4 is 5.73 Å². The molecule has 0 spiro atoms. The Morgan fingerprint density at radius 2 is 2.35 bits per heavy atom. The molecule has 1 amide bonds. The van der Waals surface area contributed by atoms with Gasteiger partial charge in [0.05, 0.1) is 6.33 Å². The van der Waals surface area contributed by atoms with Gasteiger partial charge in [-0.05, 0) is 5.92 Å². The zero-order chi connectivity index (χ0) is 12.8. The van der Waals surface area contributed by atoms with Crippen molar-refractivity contribution in [2.45, 2.75) is 26.8 Å². The van der Waals surface area contributed by atoms with Crippen LogP contribution in [0.3, 0.4) is 0 Å². The van der Waals surface area contributed by atoms with Crippen LogP contribution in [0.5, 0.6) is 0 Å². The highest BCUT2D eigenvalue weighted by molar-refractivity contribution is 5.91. The van der Waals surface area contributed by atoms with Crippen LogP contribution in [-0.2, 0) is 6.54 Å². The van der Waals surface area contributed by atoms with Gasteiger partial charge in [0, 0.05) is 32.9 Å². The number of rotatable bonds is 6. The van der Waals surface area contributed by atoms with Gasteiger partial charge in [0.15, 0.2) is 0 Å². The van der Waals surface area contributed by atoms with Crippen LogP contribution in [0, 0.1) is 5.92 Å². The third kappa shape index (κ3) is 3.85. The number of aromatic nitrogens is 2. The van der Waals surface area contributed by atoms with E-state index in [1.165, 1.54) is 0 Å². The molecular weight excluding hydrogens is 216 g/mol.